The van der Waals surface area contributed by atoms with E-state index in [0.717, 1.165) is 23.6 Å². The van der Waals surface area contributed by atoms with Gasteiger partial charge < -0.3 is 24.4 Å². The summed E-state index contributed by atoms with van der Waals surface area (Å²) in [4.78, 5) is 36.1. The minimum Gasteiger partial charge on any atom is -0.467 e. The molecule has 2 N–H and O–H groups in total. The van der Waals surface area contributed by atoms with Gasteiger partial charge in [0.25, 0.3) is 5.91 Å². The van der Waals surface area contributed by atoms with E-state index in [2.05, 4.69) is 10.6 Å². The number of nitrogens with zero attached hydrogens (tertiary/aromatic N) is 1. The van der Waals surface area contributed by atoms with E-state index in [1.54, 1.807) is 25.3 Å². The monoisotopic (exact) mass is 445 g/mol. The summed E-state index contributed by atoms with van der Waals surface area (Å²) in [7, 11) is 0. The number of nitrogens with one attached hydrogen (secondary N) is 2. The van der Waals surface area contributed by atoms with E-state index in [9.17, 15) is 23.2 Å². The van der Waals surface area contributed by atoms with E-state index in [1.807, 2.05) is 17.6 Å². The third kappa shape index (κ3) is 5.60. The number of halogens is 2. The lowest BCUT2D eigenvalue weighted by Crippen LogP contribution is -2.35. The van der Waals surface area contributed by atoms with Crippen LogP contribution in [0.15, 0.2) is 47.1 Å². The normalized spacial score (nSPS) is 10.6. The molecule has 10 heteroatoms. The SMILES string of the molecule is Cc1cc(C(=O)OCC(=O)NCC(=O)Nc2ccc(F)c(F)c2)c(C)n1Cc1ccco1. The van der Waals surface area contributed by atoms with Gasteiger partial charge in [-0.3, -0.25) is 9.59 Å². The molecule has 0 aliphatic carbocycles. The lowest BCUT2D eigenvalue weighted by atomic mass is 10.2. The lowest BCUT2D eigenvalue weighted by Gasteiger charge is -2.09. The second-order valence-corrected chi connectivity index (χ2v) is 6.98. The minimum atomic E-state index is -1.11. The van der Waals surface area contributed by atoms with Gasteiger partial charge in [-0.05, 0) is 44.2 Å². The highest BCUT2D eigenvalue weighted by Gasteiger charge is 2.19. The first kappa shape index (κ1) is 22.7. The van der Waals surface area contributed by atoms with E-state index in [4.69, 9.17) is 9.15 Å². The van der Waals surface area contributed by atoms with Crippen molar-refractivity contribution in [2.24, 2.45) is 0 Å². The zero-order valence-corrected chi connectivity index (χ0v) is 17.4. The molecule has 3 rings (SSSR count). The smallest absolute Gasteiger partial charge is 0.340 e. The highest BCUT2D eigenvalue weighted by molar-refractivity contribution is 5.96. The highest BCUT2D eigenvalue weighted by atomic mass is 19.2. The van der Waals surface area contributed by atoms with Crippen molar-refractivity contribution in [3.8, 4) is 0 Å². The van der Waals surface area contributed by atoms with Crippen molar-refractivity contribution in [2.75, 3.05) is 18.5 Å². The molecule has 0 saturated carbocycles. The van der Waals surface area contributed by atoms with Crippen molar-refractivity contribution < 1.29 is 32.3 Å². The average Bonchev–Trinajstić information content (AvgIpc) is 3.37. The summed E-state index contributed by atoms with van der Waals surface area (Å²) in [6.45, 7) is 3.03. The number of hydrogen-bond acceptors (Lipinski definition) is 5. The van der Waals surface area contributed by atoms with Gasteiger partial charge in [0.1, 0.15) is 5.76 Å². The Bertz CT molecular complexity index is 1140. The molecule has 2 aromatic heterocycles. The quantitative estimate of drug-likeness (QED) is 0.519. The molecule has 32 heavy (non-hydrogen) atoms. The minimum absolute atomic E-state index is 0.0412. The summed E-state index contributed by atoms with van der Waals surface area (Å²) in [6.07, 6.45) is 1.56. The van der Waals surface area contributed by atoms with Crippen LogP contribution in [-0.2, 0) is 20.9 Å². The number of ether oxygens (including phenoxy) is 1. The fourth-order valence-electron chi connectivity index (χ4n) is 3.03. The maximum atomic E-state index is 13.2. The standard InChI is InChI=1S/C22H21F2N3O5/c1-13-8-17(14(2)27(13)11-16-4-3-7-31-16)22(30)32-12-21(29)25-10-20(28)26-15-5-6-18(23)19(24)9-15/h3-9H,10-12H2,1-2H3,(H,25,29)(H,26,28). The van der Waals surface area contributed by atoms with Crippen LogP contribution in [0.1, 0.15) is 27.5 Å². The molecule has 0 spiro atoms. The Balaban J connectivity index is 1.48. The molecule has 2 amide bonds. The van der Waals surface area contributed by atoms with Crippen LogP contribution in [0.3, 0.4) is 0 Å². The number of anilines is 1. The number of amides is 2. The Morgan fingerprint density at radius 3 is 2.53 bits per heavy atom. The van der Waals surface area contributed by atoms with Crippen molar-refractivity contribution in [3.05, 3.63) is 77.0 Å². The molecular formula is C22H21F2N3O5. The van der Waals surface area contributed by atoms with Gasteiger partial charge in [-0.25, -0.2) is 13.6 Å². The molecule has 0 radical (unpaired) electrons. The fourth-order valence-corrected chi connectivity index (χ4v) is 3.03. The Morgan fingerprint density at radius 2 is 1.84 bits per heavy atom. The molecule has 1 aromatic carbocycles. The summed E-state index contributed by atoms with van der Waals surface area (Å²) in [5.41, 5.74) is 1.84. The van der Waals surface area contributed by atoms with E-state index in [1.165, 1.54) is 6.07 Å². The van der Waals surface area contributed by atoms with Crippen LogP contribution in [0.4, 0.5) is 14.5 Å². The molecule has 168 valence electrons. The van der Waals surface area contributed by atoms with Crippen molar-refractivity contribution in [3.63, 3.8) is 0 Å². The number of carbonyl (C=O) groups excluding carboxylic acids is 3. The van der Waals surface area contributed by atoms with Crippen LogP contribution < -0.4 is 10.6 Å². The maximum absolute atomic E-state index is 13.2. The van der Waals surface area contributed by atoms with Crippen LogP contribution in [0.5, 0.6) is 0 Å². The van der Waals surface area contributed by atoms with Crippen molar-refractivity contribution in [2.45, 2.75) is 20.4 Å². The van der Waals surface area contributed by atoms with Crippen LogP contribution in [0.25, 0.3) is 0 Å². The molecule has 0 saturated heterocycles. The molecule has 0 fully saturated rings. The third-order valence-corrected chi connectivity index (χ3v) is 4.67. The van der Waals surface area contributed by atoms with Crippen LogP contribution in [-0.4, -0.2) is 35.5 Å². The topological polar surface area (TPSA) is 103 Å². The van der Waals surface area contributed by atoms with Gasteiger partial charge in [-0.1, -0.05) is 0 Å². The molecule has 0 aliphatic rings. The Kier molecular flexibility index (Phi) is 7.04. The van der Waals surface area contributed by atoms with Gasteiger partial charge in [-0.15, -0.1) is 0 Å². The first-order valence-electron chi connectivity index (χ1n) is 9.62. The summed E-state index contributed by atoms with van der Waals surface area (Å²) in [5, 5.41) is 4.59. The van der Waals surface area contributed by atoms with E-state index in [-0.39, 0.29) is 5.69 Å². The predicted octanol–water partition coefficient (Wildman–Crippen LogP) is 2.94. The van der Waals surface area contributed by atoms with Gasteiger partial charge in [0.05, 0.1) is 24.9 Å². The van der Waals surface area contributed by atoms with Gasteiger partial charge in [0.2, 0.25) is 5.91 Å². The first-order chi connectivity index (χ1) is 15.2. The number of carbonyl (C=O) groups is 3. The average molecular weight is 445 g/mol. The summed E-state index contributed by atoms with van der Waals surface area (Å²) < 4.78 is 38.3. The number of aryl methyl sites for hydroxylation is 1. The predicted molar refractivity (Wildman–Crippen MR) is 110 cm³/mol. The molecule has 3 aromatic rings. The Morgan fingerprint density at radius 1 is 1.06 bits per heavy atom. The lowest BCUT2D eigenvalue weighted by molar-refractivity contribution is -0.126. The fraction of sp³-hybridized carbons (Fsp3) is 0.227. The largest absolute Gasteiger partial charge is 0.467 e. The second kappa shape index (κ2) is 9.90. The van der Waals surface area contributed by atoms with Gasteiger partial charge in [0.15, 0.2) is 18.2 Å². The molecule has 0 bridgehead atoms. The number of benzene rings is 1. The van der Waals surface area contributed by atoms with E-state index >= 15 is 0 Å². The zero-order chi connectivity index (χ0) is 23.3. The van der Waals surface area contributed by atoms with E-state index in [0.29, 0.717) is 17.8 Å². The Labute approximate surface area is 182 Å². The maximum Gasteiger partial charge on any atom is 0.340 e. The molecule has 2 heterocycles. The zero-order valence-electron chi connectivity index (χ0n) is 17.4. The summed E-state index contributed by atoms with van der Waals surface area (Å²) >= 11 is 0. The molecule has 0 atom stereocenters. The molecule has 8 nitrogen and oxygen atoms in total. The third-order valence-electron chi connectivity index (χ3n) is 4.67. The molecule has 0 unspecified atom stereocenters. The Hall–Kier alpha value is -3.95. The van der Waals surface area contributed by atoms with E-state index < -0.39 is 42.6 Å². The number of furan rings is 1. The van der Waals surface area contributed by atoms with Crippen LogP contribution in [0.2, 0.25) is 0 Å². The van der Waals surface area contributed by atoms with Crippen molar-refractivity contribution in [1.82, 2.24) is 9.88 Å². The number of aromatic nitrogens is 1. The van der Waals surface area contributed by atoms with Gasteiger partial charge in [-0.2, -0.15) is 0 Å². The highest BCUT2D eigenvalue weighted by Crippen LogP contribution is 2.18. The van der Waals surface area contributed by atoms with Crippen LogP contribution in [0, 0.1) is 25.5 Å². The van der Waals surface area contributed by atoms with Gasteiger partial charge >= 0.3 is 5.97 Å². The first-order valence-corrected chi connectivity index (χ1v) is 9.62. The molecule has 0 aliphatic heterocycles. The summed E-state index contributed by atoms with van der Waals surface area (Å²) in [5.74, 6) is -3.44. The number of hydrogen-bond donors (Lipinski definition) is 2. The van der Waals surface area contributed by atoms with Crippen LogP contribution >= 0.6 is 0 Å². The molecular weight excluding hydrogens is 424 g/mol. The summed E-state index contributed by atoms with van der Waals surface area (Å²) in [6, 6.07) is 8.13. The second-order valence-electron chi connectivity index (χ2n) is 6.98. The number of esters is 1. The van der Waals surface area contributed by atoms with Gasteiger partial charge in [0, 0.05) is 23.1 Å². The van der Waals surface area contributed by atoms with Crippen molar-refractivity contribution >= 4 is 23.5 Å². The number of rotatable bonds is 8. The van der Waals surface area contributed by atoms with Crippen molar-refractivity contribution in [1.29, 1.82) is 0 Å².